The smallest absolute Gasteiger partial charge is 0.213 e. The lowest BCUT2D eigenvalue weighted by Gasteiger charge is -2.20. The molecule has 1 aliphatic carbocycles. The fourth-order valence-electron chi connectivity index (χ4n) is 3.46. The molecule has 2 aliphatic rings. The van der Waals surface area contributed by atoms with Gasteiger partial charge in [0.15, 0.2) is 5.96 Å². The molecule has 2 N–H and O–H groups in total. The van der Waals surface area contributed by atoms with Gasteiger partial charge in [-0.25, -0.2) is 4.98 Å². The number of hydrogen-bond donors (Lipinski definition) is 2. The van der Waals surface area contributed by atoms with Crippen LogP contribution < -0.4 is 15.4 Å². The molecule has 0 amide bonds. The first-order chi connectivity index (χ1) is 12.2. The van der Waals surface area contributed by atoms with Crippen molar-refractivity contribution in [2.75, 3.05) is 20.2 Å². The van der Waals surface area contributed by atoms with Crippen LogP contribution in [0.1, 0.15) is 45.1 Å². The standard InChI is InChI=1S/C19H31N5O.HI/c1-4-9-25-18-8-5-15(11-21-18)12-22-19(20-3)23-16-10-14(2)24(13-16)17-6-7-17;/h5,8,11,14,16-17H,4,6-7,9-10,12-13H2,1-3H3,(H2,20,22,23);1H. The highest BCUT2D eigenvalue weighted by Crippen LogP contribution is 2.33. The van der Waals surface area contributed by atoms with Gasteiger partial charge in [0.1, 0.15) is 0 Å². The number of pyridine rings is 1. The summed E-state index contributed by atoms with van der Waals surface area (Å²) >= 11 is 0. The molecule has 0 spiro atoms. The summed E-state index contributed by atoms with van der Waals surface area (Å²) in [5.74, 6) is 1.55. The maximum absolute atomic E-state index is 5.52. The molecule has 1 saturated carbocycles. The lowest BCUT2D eigenvalue weighted by atomic mass is 10.2. The minimum Gasteiger partial charge on any atom is -0.478 e. The Labute approximate surface area is 174 Å². The average Bonchev–Trinajstić information content (AvgIpc) is 3.41. The normalized spacial score (nSPS) is 23.4. The van der Waals surface area contributed by atoms with Crippen molar-refractivity contribution in [2.24, 2.45) is 4.99 Å². The zero-order valence-electron chi connectivity index (χ0n) is 16.1. The van der Waals surface area contributed by atoms with Crippen LogP contribution in [0.4, 0.5) is 0 Å². The van der Waals surface area contributed by atoms with E-state index in [0.717, 1.165) is 30.5 Å². The van der Waals surface area contributed by atoms with E-state index in [-0.39, 0.29) is 24.0 Å². The van der Waals surface area contributed by atoms with Crippen molar-refractivity contribution in [3.63, 3.8) is 0 Å². The predicted octanol–water partition coefficient (Wildman–Crippen LogP) is 2.78. The molecule has 0 bridgehead atoms. The molecule has 2 atom stereocenters. The second kappa shape index (κ2) is 10.3. The zero-order chi connectivity index (χ0) is 17.6. The summed E-state index contributed by atoms with van der Waals surface area (Å²) in [7, 11) is 1.83. The molecule has 1 saturated heterocycles. The molecule has 2 heterocycles. The number of nitrogens with one attached hydrogen (secondary N) is 2. The predicted molar refractivity (Wildman–Crippen MR) is 116 cm³/mol. The van der Waals surface area contributed by atoms with Crippen LogP contribution in [0.25, 0.3) is 0 Å². The molecular formula is C19H32IN5O. The van der Waals surface area contributed by atoms with Gasteiger partial charge in [-0.3, -0.25) is 9.89 Å². The van der Waals surface area contributed by atoms with Crippen LogP contribution in [0.2, 0.25) is 0 Å². The summed E-state index contributed by atoms with van der Waals surface area (Å²) < 4.78 is 5.52. The van der Waals surface area contributed by atoms with Crippen molar-refractivity contribution in [1.29, 1.82) is 0 Å². The van der Waals surface area contributed by atoms with E-state index in [2.05, 4.69) is 39.4 Å². The Hall–Kier alpha value is -1.09. The fraction of sp³-hybridized carbons (Fsp3) is 0.684. The molecule has 7 heteroatoms. The molecule has 2 fully saturated rings. The minimum absolute atomic E-state index is 0. The van der Waals surface area contributed by atoms with Crippen LogP contribution in [-0.4, -0.2) is 54.2 Å². The van der Waals surface area contributed by atoms with E-state index in [0.29, 0.717) is 31.1 Å². The molecule has 3 rings (SSSR count). The number of halogens is 1. The molecule has 1 aromatic rings. The van der Waals surface area contributed by atoms with E-state index in [1.54, 1.807) is 0 Å². The van der Waals surface area contributed by atoms with Crippen molar-refractivity contribution in [3.8, 4) is 5.88 Å². The van der Waals surface area contributed by atoms with Gasteiger partial charge in [0.2, 0.25) is 5.88 Å². The van der Waals surface area contributed by atoms with Gasteiger partial charge in [-0.2, -0.15) is 0 Å². The van der Waals surface area contributed by atoms with Crippen molar-refractivity contribution in [2.45, 2.75) is 64.2 Å². The van der Waals surface area contributed by atoms with Crippen molar-refractivity contribution < 1.29 is 4.74 Å². The Bertz CT molecular complexity index is 576. The molecule has 0 aromatic carbocycles. The summed E-state index contributed by atoms with van der Waals surface area (Å²) in [6.45, 7) is 6.96. The number of aliphatic imine (C=N–C) groups is 1. The number of aromatic nitrogens is 1. The number of ether oxygens (including phenoxy) is 1. The van der Waals surface area contributed by atoms with Gasteiger partial charge >= 0.3 is 0 Å². The Kier molecular flexibility index (Phi) is 8.40. The van der Waals surface area contributed by atoms with E-state index < -0.39 is 0 Å². The second-order valence-electron chi connectivity index (χ2n) is 7.13. The Morgan fingerprint density at radius 1 is 1.38 bits per heavy atom. The first-order valence-electron chi connectivity index (χ1n) is 9.50. The van der Waals surface area contributed by atoms with E-state index in [1.165, 1.54) is 19.3 Å². The molecular weight excluding hydrogens is 441 g/mol. The highest BCUT2D eigenvalue weighted by Gasteiger charge is 2.38. The highest BCUT2D eigenvalue weighted by atomic mass is 127. The summed E-state index contributed by atoms with van der Waals surface area (Å²) in [6, 6.07) is 5.95. The zero-order valence-corrected chi connectivity index (χ0v) is 18.4. The van der Waals surface area contributed by atoms with E-state index >= 15 is 0 Å². The van der Waals surface area contributed by atoms with E-state index in [1.807, 2.05) is 25.4 Å². The SMILES string of the molecule is CCCOc1ccc(CNC(=NC)NC2CC(C)N(C3CC3)C2)cn1.I. The number of hydrogen-bond acceptors (Lipinski definition) is 4. The van der Waals surface area contributed by atoms with Gasteiger partial charge in [-0.05, 0) is 38.2 Å². The van der Waals surface area contributed by atoms with E-state index in [9.17, 15) is 0 Å². The van der Waals surface area contributed by atoms with Crippen LogP contribution in [0.3, 0.4) is 0 Å². The monoisotopic (exact) mass is 473 g/mol. The van der Waals surface area contributed by atoms with Crippen LogP contribution in [0.15, 0.2) is 23.3 Å². The molecule has 26 heavy (non-hydrogen) atoms. The van der Waals surface area contributed by atoms with Crippen LogP contribution >= 0.6 is 24.0 Å². The van der Waals surface area contributed by atoms with E-state index in [4.69, 9.17) is 4.74 Å². The quantitative estimate of drug-likeness (QED) is 0.363. The van der Waals surface area contributed by atoms with Crippen molar-refractivity contribution >= 4 is 29.9 Å². The third-order valence-corrected chi connectivity index (χ3v) is 4.91. The van der Waals surface area contributed by atoms with Gasteiger partial charge in [0, 0.05) is 50.5 Å². The first-order valence-corrected chi connectivity index (χ1v) is 9.50. The lowest BCUT2D eigenvalue weighted by Crippen LogP contribution is -2.44. The van der Waals surface area contributed by atoms with Crippen LogP contribution in [-0.2, 0) is 6.54 Å². The number of guanidine groups is 1. The van der Waals surface area contributed by atoms with Crippen molar-refractivity contribution in [1.82, 2.24) is 20.5 Å². The van der Waals surface area contributed by atoms with Gasteiger partial charge in [-0.15, -0.1) is 24.0 Å². The minimum atomic E-state index is 0. The van der Waals surface area contributed by atoms with Gasteiger partial charge in [-0.1, -0.05) is 13.0 Å². The van der Waals surface area contributed by atoms with Crippen molar-refractivity contribution in [3.05, 3.63) is 23.9 Å². The average molecular weight is 473 g/mol. The summed E-state index contributed by atoms with van der Waals surface area (Å²) in [5.41, 5.74) is 1.12. The van der Waals surface area contributed by atoms with Crippen LogP contribution in [0, 0.1) is 0 Å². The summed E-state index contributed by atoms with van der Waals surface area (Å²) in [4.78, 5) is 11.3. The number of likely N-dealkylation sites (tertiary alicyclic amines) is 1. The molecule has 146 valence electrons. The van der Waals surface area contributed by atoms with Crippen LogP contribution in [0.5, 0.6) is 5.88 Å². The Balaban J connectivity index is 0.00000243. The molecule has 2 unspecified atom stereocenters. The highest BCUT2D eigenvalue weighted by molar-refractivity contribution is 14.0. The second-order valence-corrected chi connectivity index (χ2v) is 7.13. The first kappa shape index (κ1) is 21.2. The number of nitrogens with zero attached hydrogens (tertiary/aromatic N) is 3. The molecule has 6 nitrogen and oxygen atoms in total. The third kappa shape index (κ3) is 5.97. The Morgan fingerprint density at radius 3 is 2.81 bits per heavy atom. The summed E-state index contributed by atoms with van der Waals surface area (Å²) in [6.07, 6.45) is 6.77. The topological polar surface area (TPSA) is 61.8 Å². The van der Waals surface area contributed by atoms with Gasteiger partial charge in [0.25, 0.3) is 0 Å². The Morgan fingerprint density at radius 2 is 2.19 bits per heavy atom. The van der Waals surface area contributed by atoms with Gasteiger partial charge < -0.3 is 15.4 Å². The maximum atomic E-state index is 5.52. The number of rotatable bonds is 7. The van der Waals surface area contributed by atoms with Gasteiger partial charge in [0.05, 0.1) is 6.61 Å². The largest absolute Gasteiger partial charge is 0.478 e. The molecule has 0 radical (unpaired) electrons. The maximum Gasteiger partial charge on any atom is 0.213 e. The third-order valence-electron chi connectivity index (χ3n) is 4.91. The lowest BCUT2D eigenvalue weighted by molar-refractivity contribution is 0.256. The fourth-order valence-corrected chi connectivity index (χ4v) is 3.46. The molecule has 1 aliphatic heterocycles. The molecule has 1 aromatic heterocycles. The summed E-state index contributed by atoms with van der Waals surface area (Å²) in [5, 5.41) is 6.96.